The van der Waals surface area contributed by atoms with Crippen LogP contribution in [-0.2, 0) is 10.2 Å². The number of carboxylic acid groups (broad SMARTS) is 1. The lowest BCUT2D eigenvalue weighted by atomic mass is 9.84. The summed E-state index contributed by atoms with van der Waals surface area (Å²) in [5.74, 6) is -1.07. The second-order valence-electron chi connectivity index (χ2n) is 5.42. The average molecular weight is 252 g/mol. The normalized spacial score (nSPS) is 13.2. The van der Waals surface area contributed by atoms with E-state index in [2.05, 4.69) is 0 Å². The van der Waals surface area contributed by atoms with Gasteiger partial charge in [0, 0.05) is 11.1 Å². The highest BCUT2D eigenvalue weighted by Gasteiger charge is 2.24. The number of hydrogen-bond acceptors (Lipinski definition) is 3. The molecule has 1 aromatic rings. The highest BCUT2D eigenvalue weighted by molar-refractivity contribution is 5.77. The molecule has 0 aliphatic rings. The zero-order valence-electron chi connectivity index (χ0n) is 11.4. The first kappa shape index (κ1) is 14.4. The van der Waals surface area contributed by atoms with Crippen molar-refractivity contribution < 1.29 is 19.7 Å². The minimum absolute atomic E-state index is 0.103. The van der Waals surface area contributed by atoms with Crippen molar-refractivity contribution in [2.24, 2.45) is 0 Å². The van der Waals surface area contributed by atoms with E-state index in [0.717, 1.165) is 5.56 Å². The second-order valence-corrected chi connectivity index (χ2v) is 5.42. The van der Waals surface area contributed by atoms with Gasteiger partial charge < -0.3 is 14.9 Å². The van der Waals surface area contributed by atoms with Crippen molar-refractivity contribution in [3.63, 3.8) is 0 Å². The van der Waals surface area contributed by atoms with Gasteiger partial charge in [0.15, 0.2) is 0 Å². The molecular weight excluding hydrogens is 232 g/mol. The van der Waals surface area contributed by atoms with E-state index < -0.39 is 11.9 Å². The lowest BCUT2D eigenvalue weighted by Gasteiger charge is -2.23. The summed E-state index contributed by atoms with van der Waals surface area (Å²) in [5, 5.41) is 19.1. The van der Waals surface area contributed by atoms with Gasteiger partial charge in [0.25, 0.3) is 0 Å². The van der Waals surface area contributed by atoms with Gasteiger partial charge in [-0.1, -0.05) is 20.8 Å². The third kappa shape index (κ3) is 2.75. The maximum absolute atomic E-state index is 11.0. The highest BCUT2D eigenvalue weighted by atomic mass is 16.5. The third-order valence-electron chi connectivity index (χ3n) is 2.99. The smallest absolute Gasteiger partial charge is 0.310 e. The summed E-state index contributed by atoms with van der Waals surface area (Å²) in [6.07, 6.45) is 0. The molecule has 2 N–H and O–H groups in total. The van der Waals surface area contributed by atoms with Crippen molar-refractivity contribution in [3.8, 4) is 11.5 Å². The minimum Gasteiger partial charge on any atom is -0.508 e. The highest BCUT2D eigenvalue weighted by Crippen LogP contribution is 2.38. The first-order valence-electron chi connectivity index (χ1n) is 5.82. The average Bonchev–Trinajstić information content (AvgIpc) is 2.25. The van der Waals surface area contributed by atoms with Crippen LogP contribution in [0.5, 0.6) is 11.5 Å². The van der Waals surface area contributed by atoms with Crippen LogP contribution in [0.25, 0.3) is 0 Å². The molecule has 0 aliphatic heterocycles. The summed E-state index contributed by atoms with van der Waals surface area (Å²) in [5.41, 5.74) is 0.985. The molecule has 18 heavy (non-hydrogen) atoms. The Bertz CT molecular complexity index is 458. The van der Waals surface area contributed by atoms with Crippen LogP contribution in [0.1, 0.15) is 44.7 Å². The number of carboxylic acids is 1. The molecular formula is C14H20O4. The van der Waals surface area contributed by atoms with Gasteiger partial charge in [-0.05, 0) is 24.5 Å². The molecule has 0 saturated heterocycles. The topological polar surface area (TPSA) is 66.8 Å². The van der Waals surface area contributed by atoms with Gasteiger partial charge in [0.1, 0.15) is 11.5 Å². The number of hydrogen-bond donors (Lipinski definition) is 2. The molecule has 0 aliphatic carbocycles. The molecule has 1 unspecified atom stereocenters. The zero-order valence-corrected chi connectivity index (χ0v) is 11.4. The summed E-state index contributed by atoms with van der Waals surface area (Å²) in [4.78, 5) is 11.0. The zero-order chi connectivity index (χ0) is 14.1. The number of aliphatic carboxylic acids is 1. The molecule has 1 atom stereocenters. The fourth-order valence-corrected chi connectivity index (χ4v) is 1.83. The number of ether oxygens (including phenoxy) is 1. The van der Waals surface area contributed by atoms with E-state index in [1.54, 1.807) is 13.0 Å². The van der Waals surface area contributed by atoms with Crippen molar-refractivity contribution in [2.75, 3.05) is 7.11 Å². The summed E-state index contributed by atoms with van der Waals surface area (Å²) >= 11 is 0. The molecule has 100 valence electrons. The van der Waals surface area contributed by atoms with Gasteiger partial charge in [0.05, 0.1) is 13.0 Å². The molecule has 1 rings (SSSR count). The molecule has 4 nitrogen and oxygen atoms in total. The number of aromatic hydroxyl groups is 1. The SMILES string of the molecule is COc1cc(C(C)(C)C)c(O)cc1C(C)C(=O)O. The molecule has 0 amide bonds. The molecule has 0 spiro atoms. The minimum atomic E-state index is -0.948. The molecule has 0 radical (unpaired) electrons. The molecule has 0 aromatic heterocycles. The van der Waals surface area contributed by atoms with Crippen LogP contribution >= 0.6 is 0 Å². The Balaban J connectivity index is 3.41. The van der Waals surface area contributed by atoms with Crippen molar-refractivity contribution >= 4 is 5.97 Å². The monoisotopic (exact) mass is 252 g/mol. The number of rotatable bonds is 3. The Morgan fingerprint density at radius 1 is 1.33 bits per heavy atom. The van der Waals surface area contributed by atoms with Crippen LogP contribution in [-0.4, -0.2) is 23.3 Å². The number of benzene rings is 1. The predicted molar refractivity (Wildman–Crippen MR) is 69.4 cm³/mol. The quantitative estimate of drug-likeness (QED) is 0.868. The van der Waals surface area contributed by atoms with E-state index in [-0.39, 0.29) is 11.2 Å². The summed E-state index contributed by atoms with van der Waals surface area (Å²) in [6, 6.07) is 3.20. The van der Waals surface area contributed by atoms with Crippen LogP contribution < -0.4 is 4.74 Å². The van der Waals surface area contributed by atoms with Gasteiger partial charge in [-0.25, -0.2) is 0 Å². The Kier molecular flexibility index (Phi) is 3.89. The Hall–Kier alpha value is -1.71. The number of carbonyl (C=O) groups is 1. The van der Waals surface area contributed by atoms with Crippen LogP contribution in [0.2, 0.25) is 0 Å². The maximum Gasteiger partial charge on any atom is 0.310 e. The number of phenolic OH excluding ortho intramolecular Hbond substituents is 1. The van der Waals surface area contributed by atoms with E-state index in [4.69, 9.17) is 9.84 Å². The molecule has 0 heterocycles. The fraction of sp³-hybridized carbons (Fsp3) is 0.500. The van der Waals surface area contributed by atoms with Gasteiger partial charge in [-0.2, -0.15) is 0 Å². The number of methoxy groups -OCH3 is 1. The van der Waals surface area contributed by atoms with Crippen molar-refractivity contribution in [2.45, 2.75) is 39.0 Å². The van der Waals surface area contributed by atoms with Gasteiger partial charge >= 0.3 is 5.97 Å². The molecule has 1 aromatic carbocycles. The Morgan fingerprint density at radius 2 is 1.89 bits per heavy atom. The van der Waals surface area contributed by atoms with Crippen LogP contribution in [0.3, 0.4) is 0 Å². The predicted octanol–water partition coefficient (Wildman–Crippen LogP) is 2.89. The number of phenols is 1. The van der Waals surface area contributed by atoms with E-state index in [9.17, 15) is 9.90 Å². The molecule has 0 bridgehead atoms. The van der Waals surface area contributed by atoms with Crippen molar-refractivity contribution in [3.05, 3.63) is 23.3 Å². The summed E-state index contributed by atoms with van der Waals surface area (Å²) in [7, 11) is 1.50. The Labute approximate surface area is 107 Å². The fourth-order valence-electron chi connectivity index (χ4n) is 1.83. The lowest BCUT2D eigenvalue weighted by Crippen LogP contribution is -2.14. The standard InChI is InChI=1S/C14H20O4/c1-8(13(16)17)9-6-11(15)10(14(2,3)4)7-12(9)18-5/h6-8,15H,1-5H3,(H,16,17). The largest absolute Gasteiger partial charge is 0.508 e. The second kappa shape index (κ2) is 4.88. The van der Waals surface area contributed by atoms with Crippen molar-refractivity contribution in [1.82, 2.24) is 0 Å². The van der Waals surface area contributed by atoms with E-state index in [0.29, 0.717) is 11.3 Å². The van der Waals surface area contributed by atoms with Crippen molar-refractivity contribution in [1.29, 1.82) is 0 Å². The summed E-state index contributed by atoms with van der Waals surface area (Å²) in [6.45, 7) is 7.49. The molecule has 4 heteroatoms. The maximum atomic E-state index is 11.0. The summed E-state index contributed by atoms with van der Waals surface area (Å²) < 4.78 is 5.23. The van der Waals surface area contributed by atoms with Gasteiger partial charge in [-0.3, -0.25) is 4.79 Å². The third-order valence-corrected chi connectivity index (χ3v) is 2.99. The Morgan fingerprint density at radius 3 is 2.28 bits per heavy atom. The van der Waals surface area contributed by atoms with E-state index in [1.165, 1.54) is 13.2 Å². The van der Waals surface area contributed by atoms with E-state index in [1.807, 2.05) is 20.8 Å². The first-order valence-corrected chi connectivity index (χ1v) is 5.82. The first-order chi connectivity index (χ1) is 8.18. The molecule has 0 fully saturated rings. The van der Waals surface area contributed by atoms with Gasteiger partial charge in [0.2, 0.25) is 0 Å². The van der Waals surface area contributed by atoms with Crippen LogP contribution in [0.15, 0.2) is 12.1 Å². The van der Waals surface area contributed by atoms with Crippen LogP contribution in [0, 0.1) is 0 Å². The molecule has 0 saturated carbocycles. The van der Waals surface area contributed by atoms with E-state index >= 15 is 0 Å². The van der Waals surface area contributed by atoms with Crippen LogP contribution in [0.4, 0.5) is 0 Å². The van der Waals surface area contributed by atoms with Gasteiger partial charge in [-0.15, -0.1) is 0 Å². The lowest BCUT2D eigenvalue weighted by molar-refractivity contribution is -0.138.